The zero-order valence-corrected chi connectivity index (χ0v) is 11.2. The van der Waals surface area contributed by atoms with Crippen molar-refractivity contribution in [3.63, 3.8) is 0 Å². The zero-order chi connectivity index (χ0) is 11.6. The molecule has 0 aromatic rings. The summed E-state index contributed by atoms with van der Waals surface area (Å²) in [4.78, 5) is 18.5. The summed E-state index contributed by atoms with van der Waals surface area (Å²) >= 11 is 0. The lowest BCUT2D eigenvalue weighted by Gasteiger charge is -2.13. The van der Waals surface area contributed by atoms with Gasteiger partial charge in [0.1, 0.15) is 0 Å². The SMILES string of the molecule is CCCCCCCCCC[Si](O)(O)OC. The van der Waals surface area contributed by atoms with Crippen LogP contribution in [-0.4, -0.2) is 25.5 Å². The normalized spacial score (nSPS) is 12.0. The second-order valence-electron chi connectivity index (χ2n) is 4.17. The molecule has 0 saturated heterocycles. The maximum atomic E-state index is 9.27. The molecule has 0 aliphatic heterocycles. The van der Waals surface area contributed by atoms with Crippen LogP contribution in [0.25, 0.3) is 0 Å². The van der Waals surface area contributed by atoms with E-state index in [9.17, 15) is 9.59 Å². The van der Waals surface area contributed by atoms with Crippen molar-refractivity contribution in [2.45, 2.75) is 64.3 Å². The fraction of sp³-hybridized carbons (Fsp3) is 1.00. The minimum Gasteiger partial charge on any atom is -0.390 e. The molecule has 2 N–H and O–H groups in total. The summed E-state index contributed by atoms with van der Waals surface area (Å²) < 4.78 is 4.65. The van der Waals surface area contributed by atoms with E-state index in [4.69, 9.17) is 0 Å². The van der Waals surface area contributed by atoms with Gasteiger partial charge in [0.15, 0.2) is 0 Å². The number of unbranched alkanes of at least 4 members (excludes halogenated alkanes) is 7. The topological polar surface area (TPSA) is 49.7 Å². The number of hydrogen-bond acceptors (Lipinski definition) is 3. The van der Waals surface area contributed by atoms with Crippen molar-refractivity contribution < 1.29 is 14.0 Å². The van der Waals surface area contributed by atoms with Crippen LogP contribution in [0.2, 0.25) is 6.04 Å². The van der Waals surface area contributed by atoms with Gasteiger partial charge in [-0.25, -0.2) is 0 Å². The van der Waals surface area contributed by atoms with Crippen molar-refractivity contribution in [1.29, 1.82) is 0 Å². The highest BCUT2D eigenvalue weighted by Crippen LogP contribution is 2.13. The highest BCUT2D eigenvalue weighted by atomic mass is 28.4. The number of rotatable bonds is 10. The highest BCUT2D eigenvalue weighted by Gasteiger charge is 2.29. The van der Waals surface area contributed by atoms with Crippen molar-refractivity contribution >= 4 is 8.80 Å². The minimum atomic E-state index is -3.26. The van der Waals surface area contributed by atoms with Gasteiger partial charge in [-0.3, -0.25) is 0 Å². The average molecular weight is 234 g/mol. The molecule has 4 heteroatoms. The van der Waals surface area contributed by atoms with Gasteiger partial charge in [-0.15, -0.1) is 0 Å². The Labute approximate surface area is 94.8 Å². The van der Waals surface area contributed by atoms with E-state index < -0.39 is 8.80 Å². The maximum Gasteiger partial charge on any atom is 0.495 e. The molecule has 0 fully saturated rings. The van der Waals surface area contributed by atoms with Gasteiger partial charge in [-0.1, -0.05) is 51.9 Å². The molecule has 0 aliphatic rings. The van der Waals surface area contributed by atoms with Gasteiger partial charge in [-0.05, 0) is 6.42 Å². The van der Waals surface area contributed by atoms with Crippen LogP contribution in [0.15, 0.2) is 0 Å². The molecule has 0 heterocycles. The third-order valence-electron chi connectivity index (χ3n) is 2.68. The van der Waals surface area contributed by atoms with Gasteiger partial charge in [0.2, 0.25) is 0 Å². The van der Waals surface area contributed by atoms with Gasteiger partial charge < -0.3 is 14.0 Å². The first-order valence-electron chi connectivity index (χ1n) is 6.12. The largest absolute Gasteiger partial charge is 0.495 e. The van der Waals surface area contributed by atoms with E-state index in [0.717, 1.165) is 12.8 Å². The Morgan fingerprint density at radius 2 is 1.33 bits per heavy atom. The van der Waals surface area contributed by atoms with E-state index >= 15 is 0 Å². The van der Waals surface area contributed by atoms with Gasteiger partial charge in [-0.2, -0.15) is 0 Å². The molecule has 0 amide bonds. The second kappa shape index (κ2) is 9.33. The van der Waals surface area contributed by atoms with E-state index in [1.54, 1.807) is 0 Å². The molecule has 92 valence electrons. The predicted molar refractivity (Wildman–Crippen MR) is 64.6 cm³/mol. The summed E-state index contributed by atoms with van der Waals surface area (Å²) in [6.45, 7) is 2.22. The van der Waals surface area contributed by atoms with E-state index in [1.165, 1.54) is 45.6 Å². The zero-order valence-electron chi connectivity index (χ0n) is 10.2. The van der Waals surface area contributed by atoms with Crippen molar-refractivity contribution in [3.8, 4) is 0 Å². The third-order valence-corrected chi connectivity index (χ3v) is 4.34. The van der Waals surface area contributed by atoms with Gasteiger partial charge in [0.25, 0.3) is 0 Å². The van der Waals surface area contributed by atoms with Crippen LogP contribution < -0.4 is 0 Å². The Morgan fingerprint density at radius 1 is 0.867 bits per heavy atom. The van der Waals surface area contributed by atoms with Crippen LogP contribution >= 0.6 is 0 Å². The monoisotopic (exact) mass is 234 g/mol. The maximum absolute atomic E-state index is 9.27. The van der Waals surface area contributed by atoms with Gasteiger partial charge >= 0.3 is 8.80 Å². The third kappa shape index (κ3) is 10.4. The second-order valence-corrected chi connectivity index (χ2v) is 6.57. The molecular formula is C11H26O3Si. The van der Waals surface area contributed by atoms with Crippen molar-refractivity contribution in [2.24, 2.45) is 0 Å². The van der Waals surface area contributed by atoms with Crippen LogP contribution in [0.4, 0.5) is 0 Å². The smallest absolute Gasteiger partial charge is 0.390 e. The summed E-state index contributed by atoms with van der Waals surface area (Å²) in [5.74, 6) is 0. The molecule has 3 nitrogen and oxygen atoms in total. The van der Waals surface area contributed by atoms with Crippen LogP contribution in [-0.2, 0) is 4.43 Å². The molecule has 0 aromatic carbocycles. The molecule has 0 spiro atoms. The van der Waals surface area contributed by atoms with Gasteiger partial charge in [0, 0.05) is 13.2 Å². The summed E-state index contributed by atoms with van der Waals surface area (Å²) in [6.07, 6.45) is 9.73. The lowest BCUT2D eigenvalue weighted by molar-refractivity contribution is 0.183. The summed E-state index contributed by atoms with van der Waals surface area (Å²) in [7, 11) is -1.89. The fourth-order valence-electron chi connectivity index (χ4n) is 1.59. The van der Waals surface area contributed by atoms with Crippen LogP contribution in [0.1, 0.15) is 58.3 Å². The summed E-state index contributed by atoms with van der Waals surface area (Å²) in [6, 6.07) is 0.443. The Kier molecular flexibility index (Phi) is 9.39. The number of hydrogen-bond donors (Lipinski definition) is 2. The Bertz CT molecular complexity index is 140. The molecule has 0 unspecified atom stereocenters. The average Bonchev–Trinajstić information content (AvgIpc) is 2.22. The molecular weight excluding hydrogens is 208 g/mol. The van der Waals surface area contributed by atoms with Crippen molar-refractivity contribution in [3.05, 3.63) is 0 Å². The van der Waals surface area contributed by atoms with Gasteiger partial charge in [0.05, 0.1) is 0 Å². The van der Waals surface area contributed by atoms with Crippen LogP contribution in [0.5, 0.6) is 0 Å². The lowest BCUT2D eigenvalue weighted by atomic mass is 10.1. The molecule has 0 saturated carbocycles. The van der Waals surface area contributed by atoms with Crippen molar-refractivity contribution in [1.82, 2.24) is 0 Å². The first kappa shape index (κ1) is 15.1. The summed E-state index contributed by atoms with van der Waals surface area (Å²) in [5.41, 5.74) is 0. The molecule has 0 bridgehead atoms. The van der Waals surface area contributed by atoms with Crippen LogP contribution in [0, 0.1) is 0 Å². The fourth-order valence-corrected chi connectivity index (χ4v) is 2.51. The molecule has 15 heavy (non-hydrogen) atoms. The van der Waals surface area contributed by atoms with Crippen molar-refractivity contribution in [2.75, 3.05) is 7.11 Å². The predicted octanol–water partition coefficient (Wildman–Crippen LogP) is 2.70. The Morgan fingerprint density at radius 3 is 1.80 bits per heavy atom. The molecule has 0 atom stereocenters. The molecule has 0 radical (unpaired) electrons. The Balaban J connectivity index is 3.11. The standard InChI is InChI=1S/C11H26O3Si/c1-3-4-5-6-7-8-9-10-11-15(12,13)14-2/h12-13H,3-11H2,1-2H3. The van der Waals surface area contributed by atoms with E-state index in [-0.39, 0.29) is 0 Å². The van der Waals surface area contributed by atoms with E-state index in [1.807, 2.05) is 0 Å². The Hall–Kier alpha value is 0.0969. The minimum absolute atomic E-state index is 0.443. The highest BCUT2D eigenvalue weighted by molar-refractivity contribution is 6.57. The first-order valence-corrected chi connectivity index (χ1v) is 8.13. The first-order chi connectivity index (χ1) is 7.12. The van der Waals surface area contributed by atoms with E-state index in [2.05, 4.69) is 11.3 Å². The van der Waals surface area contributed by atoms with Crippen LogP contribution in [0.3, 0.4) is 0 Å². The molecule has 0 aromatic heterocycles. The molecule has 0 rings (SSSR count). The lowest BCUT2D eigenvalue weighted by Crippen LogP contribution is -2.37. The summed E-state index contributed by atoms with van der Waals surface area (Å²) in [5, 5.41) is 0. The quantitative estimate of drug-likeness (QED) is 0.451. The molecule has 0 aliphatic carbocycles. The van der Waals surface area contributed by atoms with E-state index in [0.29, 0.717) is 6.04 Å².